The average molecular weight is 361 g/mol. The Morgan fingerprint density at radius 2 is 1.59 bits per heavy atom. The van der Waals surface area contributed by atoms with E-state index in [-0.39, 0.29) is 0 Å². The fraction of sp³-hybridized carbons (Fsp3) is 0.250. The third-order valence-corrected chi connectivity index (χ3v) is 3.67. The minimum atomic E-state index is 0.328. The fourth-order valence-electron chi connectivity index (χ4n) is 1.94. The van der Waals surface area contributed by atoms with E-state index in [9.17, 15) is 0 Å². The van der Waals surface area contributed by atoms with Gasteiger partial charge >= 0.3 is 0 Å². The molecule has 0 aliphatic carbocycles. The molecule has 0 bridgehead atoms. The molecule has 0 saturated carbocycles. The second kappa shape index (κ2) is 8.49. The summed E-state index contributed by atoms with van der Waals surface area (Å²) in [6.07, 6.45) is 0. The Morgan fingerprint density at radius 3 is 2.27 bits per heavy atom. The van der Waals surface area contributed by atoms with E-state index in [1.807, 2.05) is 31.3 Å². The van der Waals surface area contributed by atoms with E-state index in [1.165, 1.54) is 0 Å². The molecule has 0 spiro atoms. The molecule has 0 unspecified atom stereocenters. The molecule has 2 aromatic rings. The number of rotatable bonds is 7. The molecule has 2 rings (SSSR count). The van der Waals surface area contributed by atoms with Gasteiger partial charge in [-0.1, -0.05) is 53.0 Å². The maximum absolute atomic E-state index is 6.05. The van der Waals surface area contributed by atoms with Gasteiger partial charge < -0.3 is 14.8 Å². The van der Waals surface area contributed by atoms with Gasteiger partial charge in [0.1, 0.15) is 19.0 Å². The van der Waals surface area contributed by atoms with Crippen LogP contribution in [-0.4, -0.2) is 20.3 Å². The summed E-state index contributed by atoms with van der Waals surface area (Å²) in [5.74, 6) is 1.24. The highest BCUT2D eigenvalue weighted by Gasteiger charge is 2.09. The summed E-state index contributed by atoms with van der Waals surface area (Å²) in [5, 5.41) is 4.34. The Hall–Kier alpha value is -1.13. The number of halogens is 3. The summed E-state index contributed by atoms with van der Waals surface area (Å²) in [4.78, 5) is 0. The largest absolute Gasteiger partial charge is 0.490 e. The highest BCUT2D eigenvalue weighted by molar-refractivity contribution is 6.40. The average Bonchev–Trinajstić information content (AvgIpc) is 2.47. The van der Waals surface area contributed by atoms with Crippen LogP contribution in [0.15, 0.2) is 36.4 Å². The quantitative estimate of drug-likeness (QED) is 0.718. The van der Waals surface area contributed by atoms with Crippen molar-refractivity contribution in [3.63, 3.8) is 0 Å². The molecule has 0 atom stereocenters. The van der Waals surface area contributed by atoms with Gasteiger partial charge in [-0.15, -0.1) is 0 Å². The lowest BCUT2D eigenvalue weighted by Gasteiger charge is -2.13. The minimum Gasteiger partial charge on any atom is -0.490 e. The highest BCUT2D eigenvalue weighted by Crippen LogP contribution is 2.35. The summed E-state index contributed by atoms with van der Waals surface area (Å²) in [5.41, 5.74) is 1.09. The van der Waals surface area contributed by atoms with E-state index in [1.54, 1.807) is 12.1 Å². The molecule has 0 fully saturated rings. The maximum atomic E-state index is 6.05. The predicted molar refractivity (Wildman–Crippen MR) is 91.7 cm³/mol. The monoisotopic (exact) mass is 359 g/mol. The third-order valence-electron chi connectivity index (χ3n) is 2.89. The van der Waals surface area contributed by atoms with Gasteiger partial charge in [0.15, 0.2) is 5.75 Å². The van der Waals surface area contributed by atoms with Crippen LogP contribution in [0, 0.1) is 0 Å². The van der Waals surface area contributed by atoms with E-state index < -0.39 is 0 Å². The van der Waals surface area contributed by atoms with Gasteiger partial charge in [-0.2, -0.15) is 0 Å². The Balaban J connectivity index is 1.90. The molecule has 0 saturated heterocycles. The second-order valence-electron chi connectivity index (χ2n) is 4.53. The van der Waals surface area contributed by atoms with Crippen molar-refractivity contribution in [1.82, 2.24) is 5.32 Å². The van der Waals surface area contributed by atoms with Gasteiger partial charge in [0, 0.05) is 17.1 Å². The standard InChI is InChI=1S/C16H16Cl3NO2/c1-20-10-11-4-2-3-5-15(11)21-6-7-22-16-13(18)8-12(17)9-14(16)19/h2-5,8-9,20H,6-7,10H2,1H3. The van der Waals surface area contributed by atoms with Crippen LogP contribution in [0.4, 0.5) is 0 Å². The number of nitrogens with one attached hydrogen (secondary N) is 1. The molecule has 118 valence electrons. The molecule has 6 heteroatoms. The fourth-order valence-corrected chi connectivity index (χ4v) is 2.87. The van der Waals surface area contributed by atoms with Crippen molar-refractivity contribution in [3.05, 3.63) is 57.0 Å². The van der Waals surface area contributed by atoms with E-state index >= 15 is 0 Å². The van der Waals surface area contributed by atoms with Crippen LogP contribution in [0.25, 0.3) is 0 Å². The topological polar surface area (TPSA) is 30.5 Å². The van der Waals surface area contributed by atoms with Crippen molar-refractivity contribution in [2.75, 3.05) is 20.3 Å². The Labute approximate surface area is 145 Å². The molecule has 0 aliphatic rings. The van der Waals surface area contributed by atoms with Gasteiger partial charge in [0.05, 0.1) is 10.0 Å². The van der Waals surface area contributed by atoms with Gasteiger partial charge in [0.2, 0.25) is 0 Å². The van der Waals surface area contributed by atoms with E-state index in [0.29, 0.717) is 34.0 Å². The van der Waals surface area contributed by atoms with Crippen LogP contribution in [-0.2, 0) is 6.54 Å². The predicted octanol–water partition coefficient (Wildman–Crippen LogP) is 4.82. The van der Waals surface area contributed by atoms with Gasteiger partial charge in [0.25, 0.3) is 0 Å². The lowest BCUT2D eigenvalue weighted by atomic mass is 10.2. The number of hydrogen-bond acceptors (Lipinski definition) is 3. The Kier molecular flexibility index (Phi) is 6.65. The maximum Gasteiger partial charge on any atom is 0.156 e. The van der Waals surface area contributed by atoms with Gasteiger partial charge in [-0.05, 0) is 25.2 Å². The SMILES string of the molecule is CNCc1ccccc1OCCOc1c(Cl)cc(Cl)cc1Cl. The van der Waals surface area contributed by atoms with Crippen molar-refractivity contribution in [2.45, 2.75) is 6.54 Å². The molecule has 3 nitrogen and oxygen atoms in total. The molecule has 0 aliphatic heterocycles. The summed E-state index contributed by atoms with van der Waals surface area (Å²) < 4.78 is 11.3. The van der Waals surface area contributed by atoms with Crippen LogP contribution in [0.1, 0.15) is 5.56 Å². The lowest BCUT2D eigenvalue weighted by molar-refractivity contribution is 0.216. The van der Waals surface area contributed by atoms with E-state index in [2.05, 4.69) is 5.32 Å². The summed E-state index contributed by atoms with van der Waals surface area (Å²) in [7, 11) is 1.89. The van der Waals surface area contributed by atoms with E-state index in [4.69, 9.17) is 44.3 Å². The zero-order valence-corrected chi connectivity index (χ0v) is 14.3. The number of para-hydroxylation sites is 1. The number of ether oxygens (including phenoxy) is 2. The zero-order chi connectivity index (χ0) is 15.9. The molecule has 2 aromatic carbocycles. The Morgan fingerprint density at radius 1 is 0.955 bits per heavy atom. The van der Waals surface area contributed by atoms with Crippen LogP contribution in [0.5, 0.6) is 11.5 Å². The molecule has 0 aromatic heterocycles. The Bertz CT molecular complexity index is 612. The molecule has 0 heterocycles. The number of benzene rings is 2. The third kappa shape index (κ3) is 4.68. The van der Waals surface area contributed by atoms with Crippen molar-refractivity contribution >= 4 is 34.8 Å². The highest BCUT2D eigenvalue weighted by atomic mass is 35.5. The molecular formula is C16H16Cl3NO2. The van der Waals surface area contributed by atoms with Crippen LogP contribution < -0.4 is 14.8 Å². The van der Waals surface area contributed by atoms with Gasteiger partial charge in [-0.25, -0.2) is 0 Å². The molecule has 0 radical (unpaired) electrons. The zero-order valence-electron chi connectivity index (χ0n) is 12.0. The number of hydrogen-bond donors (Lipinski definition) is 1. The summed E-state index contributed by atoms with van der Waals surface area (Å²) in [6, 6.07) is 11.0. The minimum absolute atomic E-state index is 0.328. The summed E-state index contributed by atoms with van der Waals surface area (Å²) >= 11 is 18.0. The first kappa shape index (κ1) is 17.2. The normalized spacial score (nSPS) is 10.5. The first-order valence-corrected chi connectivity index (χ1v) is 7.88. The van der Waals surface area contributed by atoms with Crippen molar-refractivity contribution in [2.24, 2.45) is 0 Å². The van der Waals surface area contributed by atoms with Gasteiger partial charge in [-0.3, -0.25) is 0 Å². The lowest BCUT2D eigenvalue weighted by Crippen LogP contribution is -2.12. The van der Waals surface area contributed by atoms with Crippen LogP contribution >= 0.6 is 34.8 Å². The molecular weight excluding hydrogens is 345 g/mol. The van der Waals surface area contributed by atoms with Crippen LogP contribution in [0.2, 0.25) is 15.1 Å². The van der Waals surface area contributed by atoms with E-state index in [0.717, 1.165) is 17.9 Å². The first-order chi connectivity index (χ1) is 10.6. The van der Waals surface area contributed by atoms with Crippen molar-refractivity contribution in [1.29, 1.82) is 0 Å². The smallest absolute Gasteiger partial charge is 0.156 e. The van der Waals surface area contributed by atoms with Crippen molar-refractivity contribution < 1.29 is 9.47 Å². The molecule has 1 N–H and O–H groups in total. The van der Waals surface area contributed by atoms with Crippen molar-refractivity contribution in [3.8, 4) is 11.5 Å². The summed E-state index contributed by atoms with van der Waals surface area (Å²) in [6.45, 7) is 1.46. The van der Waals surface area contributed by atoms with Crippen LogP contribution in [0.3, 0.4) is 0 Å². The first-order valence-electron chi connectivity index (χ1n) is 6.74. The molecule has 0 amide bonds. The molecule has 22 heavy (non-hydrogen) atoms. The second-order valence-corrected chi connectivity index (χ2v) is 5.78.